The fourth-order valence-electron chi connectivity index (χ4n) is 2.93. The van der Waals surface area contributed by atoms with Crippen molar-refractivity contribution in [2.24, 2.45) is 17.6 Å². The third-order valence-corrected chi connectivity index (χ3v) is 3.94. The first-order valence-electron chi connectivity index (χ1n) is 6.14. The summed E-state index contributed by atoms with van der Waals surface area (Å²) in [4.78, 5) is 0. The Hall–Kier alpha value is -0.0800. The molecular weight excluding hydrogens is 174 g/mol. The van der Waals surface area contributed by atoms with E-state index in [0.717, 1.165) is 31.3 Å². The zero-order valence-electron chi connectivity index (χ0n) is 9.24. The summed E-state index contributed by atoms with van der Waals surface area (Å²) in [5, 5.41) is 0. The maximum atomic E-state index is 6.12. The van der Waals surface area contributed by atoms with Crippen LogP contribution in [0.1, 0.15) is 45.4 Å². The van der Waals surface area contributed by atoms with Crippen LogP contribution >= 0.6 is 0 Å². The molecule has 1 aliphatic heterocycles. The fraction of sp³-hybridized carbons (Fsp3) is 1.00. The molecule has 2 nitrogen and oxygen atoms in total. The number of hydrogen-bond donors (Lipinski definition) is 1. The first kappa shape index (κ1) is 10.4. The topological polar surface area (TPSA) is 35.2 Å². The van der Waals surface area contributed by atoms with Gasteiger partial charge in [-0.05, 0) is 37.5 Å². The molecule has 0 radical (unpaired) electrons. The van der Waals surface area contributed by atoms with E-state index in [1.807, 2.05) is 0 Å². The van der Waals surface area contributed by atoms with Crippen LogP contribution < -0.4 is 5.73 Å². The van der Waals surface area contributed by atoms with Gasteiger partial charge in [0.2, 0.25) is 0 Å². The Morgan fingerprint density at radius 1 is 1.07 bits per heavy atom. The van der Waals surface area contributed by atoms with Crippen molar-refractivity contribution in [1.29, 1.82) is 0 Å². The molecule has 2 aliphatic rings. The van der Waals surface area contributed by atoms with Crippen molar-refractivity contribution in [3.05, 3.63) is 0 Å². The van der Waals surface area contributed by atoms with E-state index in [-0.39, 0.29) is 0 Å². The average molecular weight is 197 g/mol. The van der Waals surface area contributed by atoms with Crippen molar-refractivity contribution in [2.75, 3.05) is 6.61 Å². The summed E-state index contributed by atoms with van der Waals surface area (Å²) in [6, 6.07) is 0.308. The molecule has 1 saturated heterocycles. The van der Waals surface area contributed by atoms with Gasteiger partial charge in [-0.2, -0.15) is 0 Å². The molecule has 0 aromatic rings. The van der Waals surface area contributed by atoms with E-state index in [1.54, 1.807) is 0 Å². The molecule has 2 rings (SSSR count). The highest BCUT2D eigenvalue weighted by Crippen LogP contribution is 2.34. The first-order valence-corrected chi connectivity index (χ1v) is 6.14. The minimum Gasteiger partial charge on any atom is -0.376 e. The van der Waals surface area contributed by atoms with Crippen LogP contribution in [0.5, 0.6) is 0 Å². The highest BCUT2D eigenvalue weighted by Gasteiger charge is 2.32. The molecule has 2 atom stereocenters. The number of ether oxygens (including phenoxy) is 1. The normalized spacial score (nSPS) is 45.0. The number of nitrogens with two attached hydrogens (primary N) is 1. The second kappa shape index (κ2) is 4.63. The summed E-state index contributed by atoms with van der Waals surface area (Å²) < 4.78 is 5.84. The lowest BCUT2D eigenvalue weighted by molar-refractivity contribution is -0.0460. The van der Waals surface area contributed by atoms with Crippen molar-refractivity contribution in [3.63, 3.8) is 0 Å². The van der Waals surface area contributed by atoms with Crippen molar-refractivity contribution >= 4 is 0 Å². The second-order valence-corrected chi connectivity index (χ2v) is 5.16. The summed E-state index contributed by atoms with van der Waals surface area (Å²) >= 11 is 0. The minimum atomic E-state index is 0.308. The Bertz CT molecular complexity index is 175. The summed E-state index contributed by atoms with van der Waals surface area (Å²) in [5.41, 5.74) is 6.12. The largest absolute Gasteiger partial charge is 0.376 e. The van der Waals surface area contributed by atoms with Crippen LogP contribution in [0, 0.1) is 11.8 Å². The van der Waals surface area contributed by atoms with Gasteiger partial charge < -0.3 is 10.5 Å². The quantitative estimate of drug-likeness (QED) is 0.700. The monoisotopic (exact) mass is 197 g/mol. The maximum Gasteiger partial charge on any atom is 0.0753 e. The summed E-state index contributed by atoms with van der Waals surface area (Å²) in [7, 11) is 0. The van der Waals surface area contributed by atoms with Gasteiger partial charge in [-0.25, -0.2) is 0 Å². The molecule has 0 bridgehead atoms. The van der Waals surface area contributed by atoms with E-state index in [2.05, 4.69) is 6.92 Å². The molecule has 0 aromatic carbocycles. The SMILES string of the molecule is CC1CCC(C2OCCCC2N)CC1. The minimum absolute atomic E-state index is 0.308. The van der Waals surface area contributed by atoms with E-state index in [0.29, 0.717) is 12.1 Å². The molecule has 2 fully saturated rings. The third-order valence-electron chi connectivity index (χ3n) is 3.94. The second-order valence-electron chi connectivity index (χ2n) is 5.16. The summed E-state index contributed by atoms with van der Waals surface area (Å²) in [6.07, 6.45) is 8.10. The maximum absolute atomic E-state index is 6.12. The molecule has 2 N–H and O–H groups in total. The summed E-state index contributed by atoms with van der Waals surface area (Å²) in [5.74, 6) is 1.67. The van der Waals surface area contributed by atoms with Crippen LogP contribution in [-0.2, 0) is 4.74 Å². The predicted molar refractivity (Wildman–Crippen MR) is 58.1 cm³/mol. The van der Waals surface area contributed by atoms with Gasteiger partial charge in [0.05, 0.1) is 6.10 Å². The van der Waals surface area contributed by atoms with Crippen LogP contribution in [0.15, 0.2) is 0 Å². The summed E-state index contributed by atoms with van der Waals surface area (Å²) in [6.45, 7) is 3.29. The predicted octanol–water partition coefficient (Wildman–Crippen LogP) is 2.32. The highest BCUT2D eigenvalue weighted by molar-refractivity contribution is 4.86. The van der Waals surface area contributed by atoms with Crippen LogP contribution in [0.4, 0.5) is 0 Å². The Morgan fingerprint density at radius 2 is 1.79 bits per heavy atom. The van der Waals surface area contributed by atoms with Crippen LogP contribution in [0.25, 0.3) is 0 Å². The van der Waals surface area contributed by atoms with Gasteiger partial charge in [0, 0.05) is 12.6 Å². The van der Waals surface area contributed by atoms with Gasteiger partial charge in [0.1, 0.15) is 0 Å². The van der Waals surface area contributed by atoms with Gasteiger partial charge >= 0.3 is 0 Å². The molecule has 1 heterocycles. The van der Waals surface area contributed by atoms with E-state index < -0.39 is 0 Å². The Morgan fingerprint density at radius 3 is 2.43 bits per heavy atom. The van der Waals surface area contributed by atoms with Gasteiger partial charge in [0.25, 0.3) is 0 Å². The van der Waals surface area contributed by atoms with Crippen LogP contribution in [0.2, 0.25) is 0 Å². The molecule has 1 saturated carbocycles. The molecule has 0 amide bonds. The average Bonchev–Trinajstić information content (AvgIpc) is 2.20. The lowest BCUT2D eigenvalue weighted by atomic mass is 9.77. The molecular formula is C12H23NO. The molecule has 0 spiro atoms. The standard InChI is InChI=1S/C12H23NO/c1-9-4-6-10(7-5-9)12-11(13)3-2-8-14-12/h9-12H,2-8,13H2,1H3. The zero-order valence-corrected chi connectivity index (χ0v) is 9.24. The first-order chi connectivity index (χ1) is 6.77. The van der Waals surface area contributed by atoms with E-state index in [1.165, 1.54) is 25.7 Å². The Labute approximate surface area is 87.2 Å². The van der Waals surface area contributed by atoms with Crippen molar-refractivity contribution < 1.29 is 4.74 Å². The molecule has 2 heteroatoms. The highest BCUT2D eigenvalue weighted by atomic mass is 16.5. The van der Waals surface area contributed by atoms with Crippen LogP contribution in [0.3, 0.4) is 0 Å². The zero-order chi connectivity index (χ0) is 9.97. The number of rotatable bonds is 1. The van der Waals surface area contributed by atoms with Crippen molar-refractivity contribution in [2.45, 2.75) is 57.6 Å². The lowest BCUT2D eigenvalue weighted by Gasteiger charge is -2.38. The van der Waals surface area contributed by atoms with Gasteiger partial charge in [-0.1, -0.05) is 19.8 Å². The van der Waals surface area contributed by atoms with E-state index in [4.69, 9.17) is 10.5 Å². The molecule has 0 aromatic heterocycles. The van der Waals surface area contributed by atoms with Gasteiger partial charge in [-0.3, -0.25) is 0 Å². The smallest absolute Gasteiger partial charge is 0.0753 e. The van der Waals surface area contributed by atoms with Gasteiger partial charge in [0.15, 0.2) is 0 Å². The van der Waals surface area contributed by atoms with E-state index >= 15 is 0 Å². The molecule has 14 heavy (non-hydrogen) atoms. The van der Waals surface area contributed by atoms with Crippen LogP contribution in [-0.4, -0.2) is 18.8 Å². The molecule has 1 aliphatic carbocycles. The molecule has 2 unspecified atom stereocenters. The fourth-order valence-corrected chi connectivity index (χ4v) is 2.93. The lowest BCUT2D eigenvalue weighted by Crippen LogP contribution is -2.46. The number of hydrogen-bond acceptors (Lipinski definition) is 2. The Balaban J connectivity index is 1.87. The third kappa shape index (κ3) is 2.29. The van der Waals surface area contributed by atoms with E-state index in [9.17, 15) is 0 Å². The van der Waals surface area contributed by atoms with Crippen molar-refractivity contribution in [3.8, 4) is 0 Å². The Kier molecular flexibility index (Phi) is 3.45. The van der Waals surface area contributed by atoms with Gasteiger partial charge in [-0.15, -0.1) is 0 Å². The molecule has 82 valence electrons. The van der Waals surface area contributed by atoms with Crippen molar-refractivity contribution in [1.82, 2.24) is 0 Å².